The van der Waals surface area contributed by atoms with Gasteiger partial charge in [-0.1, -0.05) is 82.1 Å². The molecule has 7 atom stereocenters. The highest BCUT2D eigenvalue weighted by Crippen LogP contribution is 2.60. The second kappa shape index (κ2) is 16.7. The molecular formula is C38H45BrClN3O7. The summed E-state index contributed by atoms with van der Waals surface area (Å²) in [6.07, 6.45) is 4.56. The zero-order valence-electron chi connectivity index (χ0n) is 28.3. The summed E-state index contributed by atoms with van der Waals surface area (Å²) in [6, 6.07) is 13.4. The Morgan fingerprint density at radius 3 is 2.60 bits per heavy atom. The minimum atomic E-state index is -1.32. The number of aliphatic hydroxyl groups is 1. The van der Waals surface area contributed by atoms with Crippen LogP contribution in [-0.2, 0) is 28.7 Å². The Hall–Kier alpha value is -3.51. The Morgan fingerprint density at radius 1 is 1.16 bits per heavy atom. The Bertz CT molecular complexity index is 1570. The van der Waals surface area contributed by atoms with Crippen LogP contribution < -0.4 is 10.2 Å². The van der Waals surface area contributed by atoms with Crippen molar-refractivity contribution in [1.29, 1.82) is 0 Å². The van der Waals surface area contributed by atoms with Crippen LogP contribution in [0, 0.1) is 18.8 Å². The summed E-state index contributed by atoms with van der Waals surface area (Å²) in [6.45, 7) is 9.84. The van der Waals surface area contributed by atoms with E-state index in [4.69, 9.17) is 21.1 Å². The van der Waals surface area contributed by atoms with Crippen molar-refractivity contribution in [3.05, 3.63) is 90.0 Å². The van der Waals surface area contributed by atoms with Crippen molar-refractivity contribution in [3.63, 3.8) is 0 Å². The van der Waals surface area contributed by atoms with E-state index in [-0.39, 0.29) is 55.2 Å². The van der Waals surface area contributed by atoms with Gasteiger partial charge in [-0.25, -0.2) is 0 Å². The van der Waals surface area contributed by atoms with Gasteiger partial charge in [-0.05, 0) is 56.2 Å². The van der Waals surface area contributed by atoms with Gasteiger partial charge in [0.05, 0.1) is 35.2 Å². The number of amides is 3. The van der Waals surface area contributed by atoms with Crippen molar-refractivity contribution in [2.75, 3.05) is 31.1 Å². The van der Waals surface area contributed by atoms with Gasteiger partial charge in [-0.3, -0.25) is 19.2 Å². The summed E-state index contributed by atoms with van der Waals surface area (Å²) in [5.41, 5.74) is 0.668. The predicted molar refractivity (Wildman–Crippen MR) is 195 cm³/mol. The normalized spacial score (nSPS) is 25.6. The van der Waals surface area contributed by atoms with Gasteiger partial charge in [0.1, 0.15) is 17.7 Å². The number of ether oxygens (including phenoxy) is 2. The van der Waals surface area contributed by atoms with E-state index >= 15 is 0 Å². The minimum absolute atomic E-state index is 0.0169. The molecule has 0 radical (unpaired) electrons. The number of aryl methyl sites for hydroxylation is 1. The Balaban J connectivity index is 1.50. The van der Waals surface area contributed by atoms with E-state index in [1.54, 1.807) is 28.0 Å². The molecule has 3 fully saturated rings. The maximum atomic E-state index is 14.9. The average Bonchev–Trinajstić information content (AvgIpc) is 3.70. The molecule has 268 valence electrons. The smallest absolute Gasteiger partial charge is 0.313 e. The minimum Gasteiger partial charge on any atom is -0.455 e. The number of anilines is 1. The van der Waals surface area contributed by atoms with Crippen LogP contribution in [0.4, 0.5) is 5.69 Å². The van der Waals surface area contributed by atoms with Gasteiger partial charge in [0, 0.05) is 30.9 Å². The largest absolute Gasteiger partial charge is 0.455 e. The van der Waals surface area contributed by atoms with Gasteiger partial charge >= 0.3 is 5.97 Å². The van der Waals surface area contributed by atoms with Crippen LogP contribution in [0.25, 0.3) is 0 Å². The SMILES string of the molecule is C=CCCC(=O)NC[C@@H](OC(=O)[C@H]1[C@@H]2O[C@@]3(CC2Br)[C@@H]1C(=O)N(CCCCCO)[C@@H]3C(=O)N(CC=C)c1c(C)cccc1Cl)c1ccccc1. The predicted octanol–water partition coefficient (Wildman–Crippen LogP) is 5.44. The number of carbonyl (C=O) groups is 4. The lowest BCUT2D eigenvalue weighted by Crippen LogP contribution is -2.57. The first kappa shape index (κ1) is 37.7. The molecule has 5 rings (SSSR count). The van der Waals surface area contributed by atoms with E-state index in [9.17, 15) is 24.3 Å². The molecule has 2 N–H and O–H groups in total. The van der Waals surface area contributed by atoms with Crippen molar-refractivity contribution >= 4 is 56.9 Å². The quantitative estimate of drug-likeness (QED) is 0.0950. The Labute approximate surface area is 306 Å². The maximum Gasteiger partial charge on any atom is 0.313 e. The highest BCUT2D eigenvalue weighted by molar-refractivity contribution is 9.09. The fourth-order valence-corrected chi connectivity index (χ4v) is 8.93. The molecule has 10 nitrogen and oxygen atoms in total. The molecular weight excluding hydrogens is 726 g/mol. The fourth-order valence-electron chi connectivity index (χ4n) is 7.66. The third-order valence-corrected chi connectivity index (χ3v) is 11.0. The van der Waals surface area contributed by atoms with Crippen molar-refractivity contribution in [2.45, 2.75) is 74.1 Å². The number of nitrogens with one attached hydrogen (secondary N) is 1. The van der Waals surface area contributed by atoms with Crippen LogP contribution in [-0.4, -0.2) is 82.5 Å². The Kier molecular flexibility index (Phi) is 12.6. The molecule has 3 aliphatic rings. The number of allylic oxidation sites excluding steroid dienone is 1. The van der Waals surface area contributed by atoms with Crippen molar-refractivity contribution in [1.82, 2.24) is 10.2 Å². The second-order valence-electron chi connectivity index (χ2n) is 13.1. The third kappa shape index (κ3) is 7.42. The van der Waals surface area contributed by atoms with E-state index in [1.165, 1.54) is 0 Å². The summed E-state index contributed by atoms with van der Waals surface area (Å²) in [7, 11) is 0. The molecule has 0 aromatic heterocycles. The van der Waals surface area contributed by atoms with Crippen molar-refractivity contribution < 1.29 is 33.8 Å². The highest BCUT2D eigenvalue weighted by Gasteiger charge is 2.77. The summed E-state index contributed by atoms with van der Waals surface area (Å²) in [5, 5.41) is 12.6. The second-order valence-corrected chi connectivity index (χ2v) is 14.7. The molecule has 3 aliphatic heterocycles. The number of unbranched alkanes of at least 4 members (excludes halogenated alkanes) is 2. The van der Waals surface area contributed by atoms with Gasteiger partial charge in [0.15, 0.2) is 0 Å². The first-order chi connectivity index (χ1) is 24.1. The summed E-state index contributed by atoms with van der Waals surface area (Å²) >= 11 is 10.4. The molecule has 3 saturated heterocycles. The highest BCUT2D eigenvalue weighted by atomic mass is 79.9. The number of fused-ring (bicyclic) bond motifs is 1. The van der Waals surface area contributed by atoms with E-state index in [0.29, 0.717) is 48.4 Å². The van der Waals surface area contributed by atoms with Crippen LogP contribution in [0.5, 0.6) is 0 Å². The average molecular weight is 771 g/mol. The number of benzene rings is 2. The maximum absolute atomic E-state index is 14.9. The molecule has 1 unspecified atom stereocenters. The van der Waals surface area contributed by atoms with Crippen LogP contribution >= 0.6 is 27.5 Å². The number of hydrogen-bond donors (Lipinski definition) is 2. The van der Waals surface area contributed by atoms with Gasteiger partial charge in [-0.2, -0.15) is 0 Å². The van der Waals surface area contributed by atoms with E-state index in [2.05, 4.69) is 34.4 Å². The third-order valence-electron chi connectivity index (χ3n) is 9.88. The lowest BCUT2D eigenvalue weighted by Gasteiger charge is -2.37. The number of likely N-dealkylation sites (tertiary alicyclic amines) is 1. The summed E-state index contributed by atoms with van der Waals surface area (Å²) in [4.78, 5) is 59.1. The number of aliphatic hydroxyl groups excluding tert-OH is 1. The molecule has 3 heterocycles. The zero-order valence-corrected chi connectivity index (χ0v) is 30.6. The molecule has 2 bridgehead atoms. The molecule has 1 spiro atoms. The van der Waals surface area contributed by atoms with Gasteiger partial charge < -0.3 is 29.7 Å². The standard InChI is InChI=1S/C38H45BrClN3O7/c1-4-6-18-29(45)41-23-28(25-15-9-7-10-16-25)49-37(48)30-31-35(46)43(20-11-8-12-21-44)34(38(31)22-26(39)33(30)50-38)36(47)42(19-5-2)32-24(3)14-13-17-27(32)40/h4-5,7,9-10,13-17,26,28,30-31,33-34,44H,1-2,6,8,11-12,18-23H2,3H3,(H,41,45)/t26?,28-,30-,31+,33-,34-,38+/m1/s1. The topological polar surface area (TPSA) is 125 Å². The molecule has 0 saturated carbocycles. The zero-order chi connectivity index (χ0) is 36.0. The van der Waals surface area contributed by atoms with Gasteiger partial charge in [0.25, 0.3) is 5.91 Å². The number of esters is 1. The molecule has 0 aliphatic carbocycles. The lowest BCUT2D eigenvalue weighted by molar-refractivity contribution is -0.160. The first-order valence-corrected chi connectivity index (χ1v) is 18.4. The number of para-hydroxylation sites is 1. The van der Waals surface area contributed by atoms with Crippen LogP contribution in [0.3, 0.4) is 0 Å². The van der Waals surface area contributed by atoms with Crippen LogP contribution in [0.2, 0.25) is 5.02 Å². The van der Waals surface area contributed by atoms with Gasteiger partial charge in [0.2, 0.25) is 11.8 Å². The summed E-state index contributed by atoms with van der Waals surface area (Å²) in [5.74, 6) is -3.54. The fraction of sp³-hybridized carbons (Fsp3) is 0.474. The first-order valence-electron chi connectivity index (χ1n) is 17.1. The molecule has 2 aromatic rings. The monoisotopic (exact) mass is 769 g/mol. The van der Waals surface area contributed by atoms with Crippen LogP contribution in [0.15, 0.2) is 73.8 Å². The van der Waals surface area contributed by atoms with Crippen LogP contribution in [0.1, 0.15) is 55.8 Å². The van der Waals surface area contributed by atoms with E-state index in [0.717, 1.165) is 5.56 Å². The number of hydrogen-bond acceptors (Lipinski definition) is 7. The molecule has 2 aromatic carbocycles. The number of alkyl halides is 1. The molecule has 12 heteroatoms. The van der Waals surface area contributed by atoms with Gasteiger partial charge in [-0.15, -0.1) is 13.2 Å². The van der Waals surface area contributed by atoms with E-state index in [1.807, 2.05) is 49.4 Å². The number of rotatable bonds is 17. The lowest BCUT2D eigenvalue weighted by atomic mass is 9.70. The summed E-state index contributed by atoms with van der Waals surface area (Å²) < 4.78 is 12.9. The Morgan fingerprint density at radius 2 is 1.92 bits per heavy atom. The number of nitrogens with zero attached hydrogens (tertiary/aromatic N) is 2. The molecule has 3 amide bonds. The van der Waals surface area contributed by atoms with Crippen molar-refractivity contribution in [2.24, 2.45) is 11.8 Å². The van der Waals surface area contributed by atoms with Crippen molar-refractivity contribution in [3.8, 4) is 0 Å². The number of halogens is 2. The molecule has 50 heavy (non-hydrogen) atoms. The number of carbonyl (C=O) groups excluding carboxylic acids is 4. The van der Waals surface area contributed by atoms with E-state index < -0.39 is 41.7 Å².